The van der Waals surface area contributed by atoms with Crippen LogP contribution in [0.15, 0.2) is 28.8 Å². The molecule has 22 heavy (non-hydrogen) atoms. The van der Waals surface area contributed by atoms with Crippen molar-refractivity contribution in [3.63, 3.8) is 0 Å². The highest BCUT2D eigenvalue weighted by Gasteiger charge is 2.19. The number of nitrogens with zero attached hydrogens (tertiary/aromatic N) is 3. The van der Waals surface area contributed by atoms with Crippen LogP contribution in [0.3, 0.4) is 0 Å². The predicted molar refractivity (Wildman–Crippen MR) is 84.7 cm³/mol. The first-order valence-electron chi connectivity index (χ1n) is 7.66. The van der Waals surface area contributed by atoms with E-state index in [4.69, 9.17) is 16.1 Å². The lowest BCUT2D eigenvalue weighted by molar-refractivity contribution is 0.119. The van der Waals surface area contributed by atoms with Crippen molar-refractivity contribution in [1.29, 1.82) is 0 Å². The van der Waals surface area contributed by atoms with Gasteiger partial charge in [-0.3, -0.25) is 0 Å². The Labute approximate surface area is 134 Å². The van der Waals surface area contributed by atoms with Crippen LogP contribution in [0.5, 0.6) is 0 Å². The fourth-order valence-electron chi connectivity index (χ4n) is 2.83. The zero-order valence-corrected chi connectivity index (χ0v) is 13.2. The van der Waals surface area contributed by atoms with E-state index >= 15 is 0 Å². The van der Waals surface area contributed by atoms with Gasteiger partial charge in [0.05, 0.1) is 0 Å². The Morgan fingerprint density at radius 3 is 2.91 bits per heavy atom. The lowest BCUT2D eigenvalue weighted by atomic mass is 9.99. The molecule has 0 radical (unpaired) electrons. The van der Waals surface area contributed by atoms with Gasteiger partial charge in [-0.1, -0.05) is 16.8 Å². The Hall–Kier alpha value is -1.43. The fraction of sp³-hybridized carbons (Fsp3) is 0.500. The highest BCUT2D eigenvalue weighted by atomic mass is 35.5. The van der Waals surface area contributed by atoms with Gasteiger partial charge in [-0.05, 0) is 49.6 Å². The first-order valence-corrected chi connectivity index (χ1v) is 8.04. The number of likely N-dealkylation sites (tertiary alicyclic amines) is 1. The molecule has 3 rings (SSSR count). The average molecular weight is 322 g/mol. The van der Waals surface area contributed by atoms with Crippen molar-refractivity contribution < 1.29 is 9.63 Å². The smallest absolute Gasteiger partial charge is 0.228 e. The Balaban J connectivity index is 1.56. The lowest BCUT2D eigenvalue weighted by Crippen LogP contribution is -2.37. The molecule has 118 valence electrons. The summed E-state index contributed by atoms with van der Waals surface area (Å²) in [7, 11) is 0. The van der Waals surface area contributed by atoms with Gasteiger partial charge in [0, 0.05) is 36.7 Å². The van der Waals surface area contributed by atoms with Gasteiger partial charge < -0.3 is 14.5 Å². The van der Waals surface area contributed by atoms with E-state index in [9.17, 15) is 5.11 Å². The normalized spacial score (nSPS) is 19.5. The van der Waals surface area contributed by atoms with E-state index in [1.165, 1.54) is 0 Å². The van der Waals surface area contributed by atoms with E-state index in [-0.39, 0.29) is 6.61 Å². The summed E-state index contributed by atoms with van der Waals surface area (Å²) in [5, 5.41) is 14.0. The van der Waals surface area contributed by atoms with Gasteiger partial charge in [0.2, 0.25) is 11.7 Å². The van der Waals surface area contributed by atoms with Crippen LogP contribution in [-0.2, 0) is 6.42 Å². The van der Waals surface area contributed by atoms with Crippen LogP contribution in [-0.4, -0.2) is 46.4 Å². The van der Waals surface area contributed by atoms with Crippen molar-refractivity contribution in [2.24, 2.45) is 5.92 Å². The molecular weight excluding hydrogens is 302 g/mol. The van der Waals surface area contributed by atoms with Crippen molar-refractivity contribution in [2.45, 2.75) is 19.3 Å². The summed E-state index contributed by atoms with van der Waals surface area (Å²) >= 11 is 5.88. The number of benzene rings is 1. The molecule has 1 fully saturated rings. The second-order valence-electron chi connectivity index (χ2n) is 5.76. The third-order valence-electron chi connectivity index (χ3n) is 4.07. The molecular formula is C16H20ClN3O2. The van der Waals surface area contributed by atoms with E-state index in [1.54, 1.807) is 0 Å². The summed E-state index contributed by atoms with van der Waals surface area (Å²) in [6.45, 7) is 3.19. The second-order valence-corrected chi connectivity index (χ2v) is 6.20. The standard InChI is InChI=1S/C16H20ClN3O2/c17-14-5-3-13(4-6-14)16-18-15(22-19-16)7-9-20-8-1-2-12(10-20)11-21/h3-6,12,21H,1-2,7-11H2. The van der Waals surface area contributed by atoms with E-state index < -0.39 is 0 Å². The Morgan fingerprint density at radius 1 is 1.32 bits per heavy atom. The first-order chi connectivity index (χ1) is 10.7. The minimum absolute atomic E-state index is 0.276. The number of hydrogen-bond acceptors (Lipinski definition) is 5. The topological polar surface area (TPSA) is 62.4 Å². The van der Waals surface area contributed by atoms with Crippen molar-refractivity contribution in [3.05, 3.63) is 35.2 Å². The molecule has 1 saturated heterocycles. The van der Waals surface area contributed by atoms with E-state index in [2.05, 4.69) is 15.0 Å². The van der Waals surface area contributed by atoms with Crippen LogP contribution in [0.25, 0.3) is 11.4 Å². The molecule has 0 spiro atoms. The molecule has 0 amide bonds. The summed E-state index contributed by atoms with van der Waals surface area (Å²) in [4.78, 5) is 6.79. The molecule has 1 aliphatic rings. The van der Waals surface area contributed by atoms with Crippen molar-refractivity contribution in [3.8, 4) is 11.4 Å². The fourth-order valence-corrected chi connectivity index (χ4v) is 2.96. The summed E-state index contributed by atoms with van der Waals surface area (Å²) in [6, 6.07) is 7.40. The van der Waals surface area contributed by atoms with Gasteiger partial charge in [-0.25, -0.2) is 0 Å². The van der Waals surface area contributed by atoms with Gasteiger partial charge >= 0.3 is 0 Å². The van der Waals surface area contributed by atoms with Crippen molar-refractivity contribution in [2.75, 3.05) is 26.2 Å². The largest absolute Gasteiger partial charge is 0.396 e. The number of aliphatic hydroxyl groups excluding tert-OH is 1. The predicted octanol–water partition coefficient (Wildman–Crippen LogP) is 2.64. The summed E-state index contributed by atoms with van der Waals surface area (Å²) in [6.07, 6.45) is 3.00. The van der Waals surface area contributed by atoms with Crippen LogP contribution < -0.4 is 0 Å². The molecule has 5 nitrogen and oxygen atoms in total. The molecule has 1 aliphatic heterocycles. The second kappa shape index (κ2) is 7.22. The van der Waals surface area contributed by atoms with Gasteiger partial charge in [0.25, 0.3) is 0 Å². The maximum Gasteiger partial charge on any atom is 0.228 e. The number of halogens is 1. The van der Waals surface area contributed by atoms with Gasteiger partial charge in [-0.15, -0.1) is 0 Å². The number of rotatable bonds is 5. The third kappa shape index (κ3) is 3.85. The maximum absolute atomic E-state index is 9.27. The molecule has 1 aromatic heterocycles. The highest BCUT2D eigenvalue weighted by Crippen LogP contribution is 2.19. The monoisotopic (exact) mass is 321 g/mol. The number of piperidine rings is 1. The Morgan fingerprint density at radius 2 is 2.14 bits per heavy atom. The summed E-state index contributed by atoms with van der Waals surface area (Å²) in [5.41, 5.74) is 0.901. The lowest BCUT2D eigenvalue weighted by Gasteiger charge is -2.31. The molecule has 2 heterocycles. The van der Waals surface area contributed by atoms with Crippen LogP contribution >= 0.6 is 11.6 Å². The highest BCUT2D eigenvalue weighted by molar-refractivity contribution is 6.30. The Bertz CT molecular complexity index is 600. The van der Waals surface area contributed by atoms with E-state index in [1.807, 2.05) is 24.3 Å². The molecule has 1 aromatic carbocycles. The molecule has 0 saturated carbocycles. The van der Waals surface area contributed by atoms with Crippen LogP contribution in [0, 0.1) is 5.92 Å². The zero-order chi connectivity index (χ0) is 15.4. The van der Waals surface area contributed by atoms with Crippen LogP contribution in [0.2, 0.25) is 5.02 Å². The van der Waals surface area contributed by atoms with Crippen LogP contribution in [0.1, 0.15) is 18.7 Å². The molecule has 0 aliphatic carbocycles. The van der Waals surface area contributed by atoms with Gasteiger partial charge in [-0.2, -0.15) is 4.98 Å². The van der Waals surface area contributed by atoms with Crippen LogP contribution in [0.4, 0.5) is 0 Å². The SMILES string of the molecule is OCC1CCCN(CCc2nc(-c3ccc(Cl)cc3)no2)C1. The zero-order valence-electron chi connectivity index (χ0n) is 12.4. The molecule has 6 heteroatoms. The molecule has 1 unspecified atom stereocenters. The van der Waals surface area contributed by atoms with Crippen molar-refractivity contribution >= 4 is 11.6 Å². The number of hydrogen-bond donors (Lipinski definition) is 1. The van der Waals surface area contributed by atoms with Gasteiger partial charge in [0.1, 0.15) is 0 Å². The maximum atomic E-state index is 9.27. The number of aliphatic hydroxyl groups is 1. The Kier molecular flexibility index (Phi) is 5.08. The van der Waals surface area contributed by atoms with E-state index in [0.29, 0.717) is 22.7 Å². The molecule has 0 bridgehead atoms. The average Bonchev–Trinajstić information content (AvgIpc) is 3.03. The third-order valence-corrected chi connectivity index (χ3v) is 4.33. The minimum Gasteiger partial charge on any atom is -0.396 e. The number of aromatic nitrogens is 2. The summed E-state index contributed by atoms with van der Waals surface area (Å²) < 4.78 is 5.32. The van der Waals surface area contributed by atoms with E-state index in [0.717, 1.165) is 44.5 Å². The van der Waals surface area contributed by atoms with Crippen molar-refractivity contribution in [1.82, 2.24) is 15.0 Å². The quantitative estimate of drug-likeness (QED) is 0.917. The molecule has 2 aromatic rings. The molecule has 1 N–H and O–H groups in total. The minimum atomic E-state index is 0.276. The van der Waals surface area contributed by atoms with Gasteiger partial charge in [0.15, 0.2) is 0 Å². The molecule has 1 atom stereocenters. The summed E-state index contributed by atoms with van der Waals surface area (Å²) in [5.74, 6) is 1.65. The first kappa shape index (κ1) is 15.5.